The first kappa shape index (κ1) is 11.1. The van der Waals surface area contributed by atoms with Crippen molar-refractivity contribution >= 4 is 11.6 Å². The smallest absolute Gasteiger partial charge is 0.241 e. The van der Waals surface area contributed by atoms with E-state index in [2.05, 4.69) is 17.6 Å². The maximum atomic E-state index is 11.9. The Labute approximate surface area is 96.2 Å². The molecule has 16 heavy (non-hydrogen) atoms. The van der Waals surface area contributed by atoms with Crippen LogP contribution < -0.4 is 10.6 Å². The molecule has 1 aromatic carbocycles. The van der Waals surface area contributed by atoms with E-state index < -0.39 is 0 Å². The Bertz CT molecular complexity index is 372. The molecule has 0 bridgehead atoms. The molecule has 1 aromatic rings. The number of carbonyl (C=O) groups is 1. The topological polar surface area (TPSA) is 41.1 Å². The molecule has 0 aliphatic carbocycles. The van der Waals surface area contributed by atoms with Crippen molar-refractivity contribution in [2.45, 2.75) is 26.3 Å². The molecule has 1 heterocycles. The molecule has 0 aromatic heterocycles. The maximum Gasteiger partial charge on any atom is 0.241 e. The average Bonchev–Trinajstić information content (AvgIpc) is 2.68. The van der Waals surface area contributed by atoms with Gasteiger partial charge < -0.3 is 10.6 Å². The van der Waals surface area contributed by atoms with Crippen molar-refractivity contribution in [3.8, 4) is 0 Å². The monoisotopic (exact) mass is 218 g/mol. The second-order valence-corrected chi connectivity index (χ2v) is 4.55. The van der Waals surface area contributed by atoms with Crippen LogP contribution in [0.1, 0.15) is 18.9 Å². The normalized spacial score (nSPS) is 24.4. The van der Waals surface area contributed by atoms with Crippen LogP contribution in [0.3, 0.4) is 0 Å². The Morgan fingerprint density at radius 1 is 1.38 bits per heavy atom. The maximum absolute atomic E-state index is 11.9. The van der Waals surface area contributed by atoms with Crippen molar-refractivity contribution in [2.75, 3.05) is 11.9 Å². The van der Waals surface area contributed by atoms with Crippen molar-refractivity contribution in [1.29, 1.82) is 0 Å². The predicted molar refractivity (Wildman–Crippen MR) is 65.4 cm³/mol. The molecule has 0 radical (unpaired) electrons. The molecule has 0 saturated carbocycles. The molecular formula is C13H18N2O. The fourth-order valence-electron chi connectivity index (χ4n) is 2.04. The molecule has 86 valence electrons. The van der Waals surface area contributed by atoms with Crippen LogP contribution in [0.5, 0.6) is 0 Å². The Morgan fingerprint density at radius 3 is 2.62 bits per heavy atom. The van der Waals surface area contributed by atoms with Gasteiger partial charge in [0.05, 0.1) is 6.04 Å². The van der Waals surface area contributed by atoms with E-state index in [0.29, 0.717) is 5.92 Å². The fourth-order valence-corrected chi connectivity index (χ4v) is 2.04. The summed E-state index contributed by atoms with van der Waals surface area (Å²) in [5, 5.41) is 6.17. The number of amides is 1. The minimum Gasteiger partial charge on any atom is -0.325 e. The zero-order valence-electron chi connectivity index (χ0n) is 9.79. The number of benzene rings is 1. The Kier molecular flexibility index (Phi) is 3.25. The van der Waals surface area contributed by atoms with Crippen molar-refractivity contribution in [1.82, 2.24) is 5.32 Å². The van der Waals surface area contributed by atoms with E-state index in [1.165, 1.54) is 5.56 Å². The highest BCUT2D eigenvalue weighted by Crippen LogP contribution is 2.16. The van der Waals surface area contributed by atoms with Crippen LogP contribution in [0.15, 0.2) is 24.3 Å². The average molecular weight is 218 g/mol. The SMILES string of the molecule is Cc1ccc(NC(=O)C2NCCC2C)cc1. The van der Waals surface area contributed by atoms with E-state index in [0.717, 1.165) is 18.7 Å². The van der Waals surface area contributed by atoms with E-state index in [4.69, 9.17) is 0 Å². The van der Waals surface area contributed by atoms with Gasteiger partial charge in [-0.2, -0.15) is 0 Å². The minimum atomic E-state index is -0.0405. The van der Waals surface area contributed by atoms with Crippen LogP contribution in [-0.2, 0) is 4.79 Å². The highest BCUT2D eigenvalue weighted by molar-refractivity contribution is 5.95. The van der Waals surface area contributed by atoms with Gasteiger partial charge in [0.25, 0.3) is 0 Å². The van der Waals surface area contributed by atoms with Gasteiger partial charge in [0.2, 0.25) is 5.91 Å². The molecule has 3 heteroatoms. The third kappa shape index (κ3) is 2.42. The number of aryl methyl sites for hydroxylation is 1. The number of hydrogen-bond acceptors (Lipinski definition) is 2. The van der Waals surface area contributed by atoms with Crippen LogP contribution in [0.2, 0.25) is 0 Å². The van der Waals surface area contributed by atoms with Crippen LogP contribution in [0, 0.1) is 12.8 Å². The molecule has 1 amide bonds. The van der Waals surface area contributed by atoms with Gasteiger partial charge in [-0.3, -0.25) is 4.79 Å². The van der Waals surface area contributed by atoms with Crippen LogP contribution in [0.25, 0.3) is 0 Å². The summed E-state index contributed by atoms with van der Waals surface area (Å²) in [5.41, 5.74) is 2.07. The summed E-state index contributed by atoms with van der Waals surface area (Å²) in [6.07, 6.45) is 1.08. The first-order chi connectivity index (χ1) is 7.66. The summed E-state index contributed by atoms with van der Waals surface area (Å²) in [5.74, 6) is 0.499. The van der Waals surface area contributed by atoms with E-state index in [-0.39, 0.29) is 11.9 Å². The zero-order chi connectivity index (χ0) is 11.5. The fraction of sp³-hybridized carbons (Fsp3) is 0.462. The van der Waals surface area contributed by atoms with Crippen LogP contribution in [0.4, 0.5) is 5.69 Å². The number of hydrogen-bond donors (Lipinski definition) is 2. The molecule has 1 aliphatic heterocycles. The first-order valence-electron chi connectivity index (χ1n) is 5.78. The summed E-state index contributed by atoms with van der Waals surface area (Å²) >= 11 is 0. The lowest BCUT2D eigenvalue weighted by atomic mass is 10.0. The lowest BCUT2D eigenvalue weighted by Gasteiger charge is -2.15. The number of anilines is 1. The van der Waals surface area contributed by atoms with E-state index in [9.17, 15) is 4.79 Å². The van der Waals surface area contributed by atoms with Gasteiger partial charge in [-0.05, 0) is 37.9 Å². The lowest BCUT2D eigenvalue weighted by Crippen LogP contribution is -2.39. The summed E-state index contributed by atoms with van der Waals surface area (Å²) in [7, 11) is 0. The van der Waals surface area contributed by atoms with E-state index in [1.54, 1.807) is 0 Å². The Hall–Kier alpha value is -1.35. The van der Waals surface area contributed by atoms with Crippen molar-refractivity contribution in [3.63, 3.8) is 0 Å². The van der Waals surface area contributed by atoms with Gasteiger partial charge >= 0.3 is 0 Å². The van der Waals surface area contributed by atoms with Crippen LogP contribution in [-0.4, -0.2) is 18.5 Å². The van der Waals surface area contributed by atoms with Gasteiger partial charge in [-0.15, -0.1) is 0 Å². The molecular weight excluding hydrogens is 200 g/mol. The zero-order valence-corrected chi connectivity index (χ0v) is 9.79. The Balaban J connectivity index is 1.99. The molecule has 1 fully saturated rings. The second-order valence-electron chi connectivity index (χ2n) is 4.55. The minimum absolute atomic E-state index is 0.0405. The van der Waals surface area contributed by atoms with Gasteiger partial charge in [0.15, 0.2) is 0 Å². The highest BCUT2D eigenvalue weighted by atomic mass is 16.2. The molecule has 2 unspecified atom stereocenters. The Morgan fingerprint density at radius 2 is 2.06 bits per heavy atom. The molecule has 1 aliphatic rings. The van der Waals surface area contributed by atoms with Gasteiger partial charge in [0.1, 0.15) is 0 Å². The van der Waals surface area contributed by atoms with Crippen LogP contribution >= 0.6 is 0 Å². The summed E-state index contributed by atoms with van der Waals surface area (Å²) in [4.78, 5) is 11.9. The first-order valence-corrected chi connectivity index (χ1v) is 5.78. The molecule has 0 spiro atoms. The largest absolute Gasteiger partial charge is 0.325 e. The third-order valence-corrected chi connectivity index (χ3v) is 3.13. The van der Waals surface area contributed by atoms with Crippen molar-refractivity contribution in [2.24, 2.45) is 5.92 Å². The quantitative estimate of drug-likeness (QED) is 0.796. The van der Waals surface area contributed by atoms with Crippen molar-refractivity contribution in [3.05, 3.63) is 29.8 Å². The number of carbonyl (C=O) groups excluding carboxylic acids is 1. The molecule has 2 atom stereocenters. The predicted octanol–water partition coefficient (Wildman–Crippen LogP) is 1.93. The third-order valence-electron chi connectivity index (χ3n) is 3.13. The summed E-state index contributed by atoms with van der Waals surface area (Å²) < 4.78 is 0. The lowest BCUT2D eigenvalue weighted by molar-refractivity contribution is -0.118. The van der Waals surface area contributed by atoms with Gasteiger partial charge in [-0.25, -0.2) is 0 Å². The molecule has 3 nitrogen and oxygen atoms in total. The van der Waals surface area contributed by atoms with E-state index in [1.807, 2.05) is 31.2 Å². The standard InChI is InChI=1S/C13H18N2O/c1-9-3-5-11(6-4-9)15-13(16)12-10(2)7-8-14-12/h3-6,10,12,14H,7-8H2,1-2H3,(H,15,16). The molecule has 2 rings (SSSR count). The van der Waals surface area contributed by atoms with Gasteiger partial charge in [-0.1, -0.05) is 24.6 Å². The molecule has 1 saturated heterocycles. The summed E-state index contributed by atoms with van der Waals surface area (Å²) in [6, 6.07) is 7.84. The number of nitrogens with one attached hydrogen (secondary N) is 2. The van der Waals surface area contributed by atoms with Crippen molar-refractivity contribution < 1.29 is 4.79 Å². The number of rotatable bonds is 2. The highest BCUT2D eigenvalue weighted by Gasteiger charge is 2.28. The van der Waals surface area contributed by atoms with Gasteiger partial charge in [0, 0.05) is 5.69 Å². The molecule has 2 N–H and O–H groups in total. The van der Waals surface area contributed by atoms with E-state index >= 15 is 0 Å². The second kappa shape index (κ2) is 4.66. The summed E-state index contributed by atoms with van der Waals surface area (Å²) in [6.45, 7) is 5.08.